The van der Waals surface area contributed by atoms with Gasteiger partial charge in [0.1, 0.15) is 5.38 Å². The highest BCUT2D eigenvalue weighted by Crippen LogP contribution is 2.16. The lowest BCUT2D eigenvalue weighted by Gasteiger charge is -2.12. The quantitative estimate of drug-likeness (QED) is 0.559. The van der Waals surface area contributed by atoms with E-state index in [4.69, 9.17) is 46.4 Å². The van der Waals surface area contributed by atoms with E-state index in [0.717, 1.165) is 0 Å². The molecule has 0 aromatic heterocycles. The van der Waals surface area contributed by atoms with Crippen LogP contribution in [-0.2, 0) is 9.53 Å². The number of halogens is 4. The molecule has 2 unspecified atom stereocenters. The van der Waals surface area contributed by atoms with E-state index < -0.39 is 21.7 Å². The van der Waals surface area contributed by atoms with Gasteiger partial charge in [-0.1, -0.05) is 34.8 Å². The van der Waals surface area contributed by atoms with E-state index in [1.807, 2.05) is 0 Å². The summed E-state index contributed by atoms with van der Waals surface area (Å²) >= 11 is 21.3. The van der Waals surface area contributed by atoms with Crippen LogP contribution >= 0.6 is 46.4 Å². The lowest BCUT2D eigenvalue weighted by atomic mass is 10.5. The van der Waals surface area contributed by atoms with Gasteiger partial charge < -0.3 is 4.74 Å². The number of hydrogen-bond acceptors (Lipinski definition) is 2. The Balaban J connectivity index is 3.76. The Kier molecular flexibility index (Phi) is 5.61. The van der Waals surface area contributed by atoms with Gasteiger partial charge >= 0.3 is 5.97 Å². The summed E-state index contributed by atoms with van der Waals surface area (Å²) in [5.74, 6) is -0.641. The van der Waals surface area contributed by atoms with E-state index in [2.05, 4.69) is 4.74 Å². The van der Waals surface area contributed by atoms with Crippen LogP contribution in [0.1, 0.15) is 6.92 Å². The van der Waals surface area contributed by atoms with Gasteiger partial charge in [-0.2, -0.15) is 0 Å². The fraction of sp³-hybridized carbons (Fsp3) is 0.800. The molecule has 2 nitrogen and oxygen atoms in total. The third kappa shape index (κ3) is 4.96. The Labute approximate surface area is 84.7 Å². The lowest BCUT2D eigenvalue weighted by Crippen LogP contribution is -2.23. The van der Waals surface area contributed by atoms with Crippen LogP contribution in [0.2, 0.25) is 0 Å². The molecular formula is C5H6Cl4O2. The normalized spacial score (nSPS) is 16.2. The lowest BCUT2D eigenvalue weighted by molar-refractivity contribution is -0.144. The molecule has 0 saturated heterocycles. The number of esters is 1. The molecule has 11 heavy (non-hydrogen) atoms. The van der Waals surface area contributed by atoms with Gasteiger partial charge in [0.25, 0.3) is 0 Å². The molecule has 0 rings (SSSR count). The van der Waals surface area contributed by atoms with E-state index in [0.29, 0.717) is 0 Å². The minimum Gasteiger partial charge on any atom is -0.442 e. The number of hydrogen-bond donors (Lipinski definition) is 0. The second-order valence-corrected chi connectivity index (χ2v) is 3.99. The highest BCUT2D eigenvalue weighted by atomic mass is 35.5. The summed E-state index contributed by atoms with van der Waals surface area (Å²) in [5, 5.41) is -0.747. The van der Waals surface area contributed by atoms with Crippen LogP contribution in [0, 0.1) is 0 Å². The van der Waals surface area contributed by atoms with Gasteiger partial charge in [0.05, 0.1) is 0 Å². The van der Waals surface area contributed by atoms with Crippen molar-refractivity contribution < 1.29 is 9.53 Å². The average molecular weight is 240 g/mol. The predicted octanol–water partition coefficient (Wildman–Crippen LogP) is 2.53. The van der Waals surface area contributed by atoms with Crippen LogP contribution in [0.4, 0.5) is 0 Å². The molecule has 0 saturated carbocycles. The first-order valence-corrected chi connectivity index (χ1v) is 4.46. The van der Waals surface area contributed by atoms with Crippen LogP contribution in [0.25, 0.3) is 0 Å². The van der Waals surface area contributed by atoms with Crippen molar-refractivity contribution >= 4 is 52.4 Å². The van der Waals surface area contributed by atoms with Crippen LogP contribution in [0.5, 0.6) is 0 Å². The highest BCUT2D eigenvalue weighted by Gasteiger charge is 2.20. The third-order valence-corrected chi connectivity index (χ3v) is 1.99. The van der Waals surface area contributed by atoms with E-state index in [1.54, 1.807) is 0 Å². The summed E-state index contributed by atoms with van der Waals surface area (Å²) in [6.07, 6.45) is 0. The largest absolute Gasteiger partial charge is 0.442 e. The predicted molar refractivity (Wildman–Crippen MR) is 46.5 cm³/mol. The molecular weight excluding hydrogens is 234 g/mol. The van der Waals surface area contributed by atoms with E-state index in [-0.39, 0.29) is 0 Å². The van der Waals surface area contributed by atoms with Gasteiger partial charge in [0, 0.05) is 0 Å². The highest BCUT2D eigenvalue weighted by molar-refractivity contribution is 6.48. The summed E-state index contributed by atoms with van der Waals surface area (Å²) in [4.78, 5) is 9.75. The molecule has 6 heteroatoms. The maximum absolute atomic E-state index is 10.7. The summed E-state index contributed by atoms with van der Waals surface area (Å²) in [7, 11) is 0. The number of alkyl halides is 4. The van der Waals surface area contributed by atoms with Crippen molar-refractivity contribution in [3.05, 3.63) is 0 Å². The van der Waals surface area contributed by atoms with E-state index in [9.17, 15) is 4.79 Å². The molecule has 66 valence electrons. The number of carbonyl (C=O) groups is 1. The van der Waals surface area contributed by atoms with Crippen molar-refractivity contribution in [1.82, 2.24) is 0 Å². The Hall–Kier alpha value is 0.630. The number of carbonyl (C=O) groups excluding carboxylic acids is 1. The molecule has 0 radical (unpaired) electrons. The zero-order chi connectivity index (χ0) is 9.02. The molecule has 0 aromatic rings. The zero-order valence-electron chi connectivity index (χ0n) is 5.56. The molecule has 0 amide bonds. The SMILES string of the molecule is CC(Cl)C(=O)OC(Cl)C(Cl)Cl. The maximum Gasteiger partial charge on any atom is 0.325 e. The molecule has 0 spiro atoms. The van der Waals surface area contributed by atoms with Crippen LogP contribution in [0.3, 0.4) is 0 Å². The summed E-state index contributed by atoms with van der Waals surface area (Å²) in [6, 6.07) is 0. The van der Waals surface area contributed by atoms with Crippen molar-refractivity contribution in [1.29, 1.82) is 0 Å². The summed E-state index contributed by atoms with van der Waals surface area (Å²) in [6.45, 7) is 1.46. The van der Waals surface area contributed by atoms with Gasteiger partial charge in [0.2, 0.25) is 5.56 Å². The third-order valence-electron chi connectivity index (χ3n) is 0.752. The van der Waals surface area contributed by atoms with Crippen molar-refractivity contribution in [3.63, 3.8) is 0 Å². The monoisotopic (exact) mass is 238 g/mol. The Morgan fingerprint density at radius 2 is 1.73 bits per heavy atom. The first-order valence-electron chi connectivity index (χ1n) is 2.72. The minimum atomic E-state index is -1.05. The van der Waals surface area contributed by atoms with Crippen molar-refractivity contribution in [2.24, 2.45) is 0 Å². The zero-order valence-corrected chi connectivity index (χ0v) is 8.58. The van der Waals surface area contributed by atoms with Crippen molar-refractivity contribution in [2.45, 2.75) is 22.7 Å². The standard InChI is InChI=1S/C5H6Cl4O2/c1-2(6)5(10)11-4(9)3(7)8/h2-4H,1H3. The minimum absolute atomic E-state index is 0.641. The van der Waals surface area contributed by atoms with E-state index in [1.165, 1.54) is 6.92 Å². The number of rotatable bonds is 3. The molecule has 0 fully saturated rings. The molecule has 2 atom stereocenters. The summed E-state index contributed by atoms with van der Waals surface area (Å²) in [5.41, 5.74) is -1.05. The second-order valence-electron chi connectivity index (χ2n) is 1.74. The van der Waals surface area contributed by atoms with Gasteiger partial charge in [-0.15, -0.1) is 11.6 Å². The van der Waals surface area contributed by atoms with Crippen LogP contribution in [-0.4, -0.2) is 21.7 Å². The average Bonchev–Trinajstić information content (AvgIpc) is 1.87. The molecule has 0 aromatic carbocycles. The molecule has 0 aliphatic carbocycles. The van der Waals surface area contributed by atoms with Crippen molar-refractivity contribution in [2.75, 3.05) is 0 Å². The molecule has 0 bridgehead atoms. The fourth-order valence-corrected chi connectivity index (χ4v) is 0.498. The molecule has 0 aliphatic rings. The maximum atomic E-state index is 10.7. The van der Waals surface area contributed by atoms with Crippen LogP contribution in [0.15, 0.2) is 0 Å². The molecule has 0 N–H and O–H groups in total. The Morgan fingerprint density at radius 1 is 1.27 bits per heavy atom. The topological polar surface area (TPSA) is 26.3 Å². The fourth-order valence-electron chi connectivity index (χ4n) is 0.256. The van der Waals surface area contributed by atoms with Crippen LogP contribution < -0.4 is 0 Å². The Bertz CT molecular complexity index is 136. The number of ether oxygens (including phenoxy) is 1. The molecule has 0 aliphatic heterocycles. The Morgan fingerprint density at radius 3 is 2.00 bits per heavy atom. The first kappa shape index (κ1) is 11.6. The van der Waals surface area contributed by atoms with Gasteiger partial charge in [-0.05, 0) is 6.92 Å². The first-order chi connectivity index (χ1) is 4.95. The van der Waals surface area contributed by atoms with Gasteiger partial charge in [-0.25, -0.2) is 0 Å². The second kappa shape index (κ2) is 5.31. The van der Waals surface area contributed by atoms with Gasteiger partial charge in [0.15, 0.2) is 4.84 Å². The van der Waals surface area contributed by atoms with E-state index >= 15 is 0 Å². The van der Waals surface area contributed by atoms with Gasteiger partial charge in [-0.3, -0.25) is 4.79 Å². The molecule has 0 heterocycles. The smallest absolute Gasteiger partial charge is 0.325 e. The summed E-state index contributed by atoms with van der Waals surface area (Å²) < 4.78 is 4.50. The van der Waals surface area contributed by atoms with Crippen molar-refractivity contribution in [3.8, 4) is 0 Å².